The Kier molecular flexibility index (Phi) is 5.68. The molecule has 110 valence electrons. The second kappa shape index (κ2) is 7.75. The van der Waals surface area contributed by atoms with Crippen LogP contribution in [-0.2, 0) is 11.2 Å². The number of hydrogen-bond donors (Lipinski definition) is 2. The van der Waals surface area contributed by atoms with E-state index in [0.29, 0.717) is 26.3 Å². The largest absolute Gasteiger partial charge is 0.488 e. The Bertz CT molecular complexity index is 412. The molecular weight excluding hydrogens is 256 g/mol. The molecule has 0 aromatic heterocycles. The second-order valence-electron chi connectivity index (χ2n) is 4.74. The number of urea groups is 1. The van der Waals surface area contributed by atoms with Gasteiger partial charge in [0, 0.05) is 26.2 Å². The Balaban J connectivity index is 1.59. The highest BCUT2D eigenvalue weighted by atomic mass is 16.5. The van der Waals surface area contributed by atoms with E-state index in [1.807, 2.05) is 25.1 Å². The summed E-state index contributed by atoms with van der Waals surface area (Å²) < 4.78 is 11.0. The van der Waals surface area contributed by atoms with Crippen LogP contribution < -0.4 is 15.4 Å². The third-order valence-corrected chi connectivity index (χ3v) is 3.16. The van der Waals surface area contributed by atoms with Crippen molar-refractivity contribution < 1.29 is 14.3 Å². The van der Waals surface area contributed by atoms with E-state index in [-0.39, 0.29) is 12.1 Å². The van der Waals surface area contributed by atoms with Crippen LogP contribution >= 0.6 is 0 Å². The average Bonchev–Trinajstić information content (AvgIpc) is 2.88. The van der Waals surface area contributed by atoms with Crippen LogP contribution in [0, 0.1) is 0 Å². The van der Waals surface area contributed by atoms with Crippen molar-refractivity contribution >= 4 is 6.03 Å². The number of nitrogens with one attached hydrogen (secondary N) is 2. The second-order valence-corrected chi connectivity index (χ2v) is 4.74. The first kappa shape index (κ1) is 14.7. The third kappa shape index (κ3) is 4.42. The lowest BCUT2D eigenvalue weighted by molar-refractivity contribution is 0.145. The summed E-state index contributed by atoms with van der Waals surface area (Å²) in [4.78, 5) is 11.6. The van der Waals surface area contributed by atoms with Crippen molar-refractivity contribution in [2.24, 2.45) is 0 Å². The molecule has 2 N–H and O–H groups in total. The number of carbonyl (C=O) groups is 1. The van der Waals surface area contributed by atoms with Crippen LogP contribution in [0.5, 0.6) is 5.75 Å². The van der Waals surface area contributed by atoms with Gasteiger partial charge in [0.15, 0.2) is 0 Å². The van der Waals surface area contributed by atoms with E-state index in [1.54, 1.807) is 0 Å². The molecule has 2 rings (SSSR count). The molecule has 1 aliphatic rings. The zero-order valence-corrected chi connectivity index (χ0v) is 11.9. The Morgan fingerprint density at radius 3 is 3.05 bits per heavy atom. The molecular formula is C15H22N2O3. The Labute approximate surface area is 119 Å². The molecule has 0 saturated carbocycles. The van der Waals surface area contributed by atoms with E-state index < -0.39 is 0 Å². The quantitative estimate of drug-likeness (QED) is 0.747. The Morgan fingerprint density at radius 2 is 2.25 bits per heavy atom. The van der Waals surface area contributed by atoms with E-state index in [1.165, 1.54) is 5.56 Å². The van der Waals surface area contributed by atoms with Gasteiger partial charge in [-0.3, -0.25) is 0 Å². The molecule has 5 nitrogen and oxygen atoms in total. The minimum Gasteiger partial charge on any atom is -0.488 e. The Morgan fingerprint density at radius 1 is 1.40 bits per heavy atom. The fourth-order valence-corrected chi connectivity index (χ4v) is 2.16. The first-order valence-electron chi connectivity index (χ1n) is 7.13. The Hall–Kier alpha value is -1.75. The van der Waals surface area contributed by atoms with Gasteiger partial charge < -0.3 is 20.1 Å². The molecule has 1 heterocycles. The predicted molar refractivity (Wildman–Crippen MR) is 77.1 cm³/mol. The van der Waals surface area contributed by atoms with Crippen LogP contribution in [0.4, 0.5) is 4.79 Å². The first-order valence-corrected chi connectivity index (χ1v) is 7.13. The molecule has 20 heavy (non-hydrogen) atoms. The number of carbonyl (C=O) groups excluding carboxylic acids is 1. The van der Waals surface area contributed by atoms with Crippen molar-refractivity contribution in [3.8, 4) is 5.75 Å². The lowest BCUT2D eigenvalue weighted by Gasteiger charge is -2.12. The highest BCUT2D eigenvalue weighted by molar-refractivity contribution is 5.73. The number of benzene rings is 1. The summed E-state index contributed by atoms with van der Waals surface area (Å²) in [6.07, 6.45) is 1.70. The van der Waals surface area contributed by atoms with Crippen LogP contribution in [-0.4, -0.2) is 38.4 Å². The molecule has 0 unspecified atom stereocenters. The van der Waals surface area contributed by atoms with Crippen molar-refractivity contribution in [1.29, 1.82) is 0 Å². The summed E-state index contributed by atoms with van der Waals surface area (Å²) in [6.45, 7) is 4.49. The summed E-state index contributed by atoms with van der Waals surface area (Å²) >= 11 is 0. The van der Waals surface area contributed by atoms with Crippen LogP contribution in [0.3, 0.4) is 0 Å². The normalized spacial score (nSPS) is 16.4. The topological polar surface area (TPSA) is 59.6 Å². The molecule has 1 aromatic carbocycles. The van der Waals surface area contributed by atoms with Crippen molar-refractivity contribution in [2.75, 3.05) is 26.3 Å². The molecule has 0 saturated heterocycles. The minimum atomic E-state index is -0.152. The maximum absolute atomic E-state index is 11.6. The van der Waals surface area contributed by atoms with Gasteiger partial charge in [0.25, 0.3) is 0 Å². The molecule has 1 aromatic rings. The fourth-order valence-electron chi connectivity index (χ4n) is 2.16. The van der Waals surface area contributed by atoms with Crippen LogP contribution in [0.25, 0.3) is 0 Å². The zero-order chi connectivity index (χ0) is 14.2. The van der Waals surface area contributed by atoms with Crippen molar-refractivity contribution in [1.82, 2.24) is 10.6 Å². The summed E-state index contributed by atoms with van der Waals surface area (Å²) in [5, 5.41) is 5.64. The summed E-state index contributed by atoms with van der Waals surface area (Å²) in [6, 6.07) is 7.83. The molecule has 1 aliphatic heterocycles. The van der Waals surface area contributed by atoms with Crippen molar-refractivity contribution in [3.05, 3.63) is 29.8 Å². The van der Waals surface area contributed by atoms with Crippen molar-refractivity contribution in [2.45, 2.75) is 25.9 Å². The standard InChI is InChI=1S/C15H22N2O3/c1-2-19-9-5-8-16-15(18)17-11-13-10-12-6-3-4-7-14(12)20-13/h3-4,6-7,13H,2,5,8-11H2,1H3,(H2,16,17,18)/t13-/m0/s1. The molecule has 2 amide bonds. The number of rotatable bonds is 7. The van der Waals surface area contributed by atoms with Gasteiger partial charge in [0.1, 0.15) is 11.9 Å². The van der Waals surface area contributed by atoms with Gasteiger partial charge in [0.2, 0.25) is 0 Å². The molecule has 0 fully saturated rings. The maximum Gasteiger partial charge on any atom is 0.314 e. The summed E-state index contributed by atoms with van der Waals surface area (Å²) in [5.74, 6) is 0.927. The number of fused-ring (bicyclic) bond motifs is 1. The summed E-state index contributed by atoms with van der Waals surface area (Å²) in [7, 11) is 0. The number of ether oxygens (including phenoxy) is 2. The molecule has 0 spiro atoms. The van der Waals surface area contributed by atoms with E-state index in [4.69, 9.17) is 9.47 Å². The van der Waals surface area contributed by atoms with Gasteiger partial charge in [0.05, 0.1) is 6.54 Å². The van der Waals surface area contributed by atoms with E-state index in [2.05, 4.69) is 16.7 Å². The average molecular weight is 278 g/mol. The smallest absolute Gasteiger partial charge is 0.314 e. The fraction of sp³-hybridized carbons (Fsp3) is 0.533. The minimum absolute atomic E-state index is 0.0292. The molecule has 1 atom stereocenters. The van der Waals surface area contributed by atoms with Gasteiger partial charge in [-0.15, -0.1) is 0 Å². The highest BCUT2D eigenvalue weighted by Crippen LogP contribution is 2.27. The van der Waals surface area contributed by atoms with Crippen LogP contribution in [0.15, 0.2) is 24.3 Å². The van der Waals surface area contributed by atoms with Gasteiger partial charge >= 0.3 is 6.03 Å². The number of hydrogen-bond acceptors (Lipinski definition) is 3. The van der Waals surface area contributed by atoms with Gasteiger partial charge in [-0.25, -0.2) is 4.79 Å². The lowest BCUT2D eigenvalue weighted by Crippen LogP contribution is -2.41. The van der Waals surface area contributed by atoms with Gasteiger partial charge in [-0.05, 0) is 25.0 Å². The SMILES string of the molecule is CCOCCCNC(=O)NC[C@@H]1Cc2ccccc2O1. The number of para-hydroxylation sites is 1. The maximum atomic E-state index is 11.6. The van der Waals surface area contributed by atoms with Crippen molar-refractivity contribution in [3.63, 3.8) is 0 Å². The zero-order valence-electron chi connectivity index (χ0n) is 11.9. The molecule has 5 heteroatoms. The molecule has 0 aliphatic carbocycles. The van der Waals surface area contributed by atoms with Gasteiger partial charge in [-0.2, -0.15) is 0 Å². The van der Waals surface area contributed by atoms with Crippen LogP contribution in [0.1, 0.15) is 18.9 Å². The van der Waals surface area contributed by atoms with Gasteiger partial charge in [-0.1, -0.05) is 18.2 Å². The highest BCUT2D eigenvalue weighted by Gasteiger charge is 2.22. The third-order valence-electron chi connectivity index (χ3n) is 3.16. The first-order chi connectivity index (χ1) is 9.79. The number of amides is 2. The molecule has 0 bridgehead atoms. The van der Waals surface area contributed by atoms with E-state index in [9.17, 15) is 4.79 Å². The monoisotopic (exact) mass is 278 g/mol. The van der Waals surface area contributed by atoms with Crippen LogP contribution in [0.2, 0.25) is 0 Å². The summed E-state index contributed by atoms with van der Waals surface area (Å²) in [5.41, 5.74) is 1.21. The molecule has 0 radical (unpaired) electrons. The lowest BCUT2D eigenvalue weighted by atomic mass is 10.1. The van der Waals surface area contributed by atoms with E-state index >= 15 is 0 Å². The van der Waals surface area contributed by atoms with E-state index in [0.717, 1.165) is 18.6 Å². The predicted octanol–water partition coefficient (Wildman–Crippen LogP) is 1.72.